The summed E-state index contributed by atoms with van der Waals surface area (Å²) in [7, 11) is -1.72. The summed E-state index contributed by atoms with van der Waals surface area (Å²) < 4.78 is 31.6. The zero-order valence-corrected chi connectivity index (χ0v) is 18.2. The van der Waals surface area contributed by atoms with Crippen LogP contribution >= 0.6 is 15.9 Å². The highest BCUT2D eigenvalue weighted by atomic mass is 79.9. The van der Waals surface area contributed by atoms with Gasteiger partial charge in [-0.3, -0.25) is 4.79 Å². The van der Waals surface area contributed by atoms with Crippen molar-refractivity contribution in [3.05, 3.63) is 58.6 Å². The van der Waals surface area contributed by atoms with Crippen molar-refractivity contribution < 1.29 is 17.9 Å². The number of aryl methyl sites for hydroxylation is 1. The lowest BCUT2D eigenvalue weighted by atomic mass is 10.1. The van der Waals surface area contributed by atoms with Crippen molar-refractivity contribution >= 4 is 31.7 Å². The Morgan fingerprint density at radius 1 is 1.14 bits per heavy atom. The molecule has 0 spiro atoms. The van der Waals surface area contributed by atoms with Gasteiger partial charge in [-0.25, -0.2) is 8.42 Å². The number of piperidine rings is 1. The van der Waals surface area contributed by atoms with E-state index < -0.39 is 15.1 Å². The molecule has 1 heterocycles. The van der Waals surface area contributed by atoms with E-state index in [-0.39, 0.29) is 5.91 Å². The summed E-state index contributed by atoms with van der Waals surface area (Å²) in [4.78, 5) is 14.7. The van der Waals surface area contributed by atoms with Gasteiger partial charge in [0.25, 0.3) is 0 Å². The van der Waals surface area contributed by atoms with Crippen molar-refractivity contribution in [1.29, 1.82) is 0 Å². The Bertz CT molecular complexity index is 923. The fourth-order valence-corrected chi connectivity index (χ4v) is 5.83. The molecule has 28 heavy (non-hydrogen) atoms. The topological polar surface area (TPSA) is 63.7 Å². The van der Waals surface area contributed by atoms with Crippen molar-refractivity contribution in [3.63, 3.8) is 0 Å². The summed E-state index contributed by atoms with van der Waals surface area (Å²) in [5, 5.41) is -0.420. The number of carbonyl (C=O) groups is 1. The van der Waals surface area contributed by atoms with E-state index >= 15 is 0 Å². The Balaban J connectivity index is 1.53. The first-order valence-corrected chi connectivity index (χ1v) is 11.6. The van der Waals surface area contributed by atoms with Crippen molar-refractivity contribution in [3.8, 4) is 5.75 Å². The van der Waals surface area contributed by atoms with Crippen LogP contribution in [0.15, 0.2) is 57.9 Å². The number of hydrogen-bond acceptors (Lipinski definition) is 4. The maximum absolute atomic E-state index is 12.7. The molecule has 0 aromatic heterocycles. The average Bonchev–Trinajstić information content (AvgIpc) is 2.73. The van der Waals surface area contributed by atoms with Crippen LogP contribution in [0, 0.1) is 0 Å². The van der Waals surface area contributed by atoms with Crippen LogP contribution < -0.4 is 4.74 Å². The van der Waals surface area contributed by atoms with Gasteiger partial charge in [0.1, 0.15) is 5.75 Å². The summed E-state index contributed by atoms with van der Waals surface area (Å²) in [6.45, 7) is 0.976. The van der Waals surface area contributed by atoms with Crippen molar-refractivity contribution in [2.24, 2.45) is 0 Å². The number of carbonyl (C=O) groups excluding carboxylic acids is 1. The molecule has 0 saturated carbocycles. The molecule has 2 aromatic rings. The minimum atomic E-state index is -3.33. The predicted molar refractivity (Wildman–Crippen MR) is 112 cm³/mol. The molecule has 0 atom stereocenters. The van der Waals surface area contributed by atoms with Crippen molar-refractivity contribution in [2.45, 2.75) is 35.8 Å². The molecule has 7 heteroatoms. The summed E-state index contributed by atoms with van der Waals surface area (Å²) in [5.41, 5.74) is 1.06. The molecule has 3 rings (SSSR count). The third kappa shape index (κ3) is 4.75. The lowest BCUT2D eigenvalue weighted by molar-refractivity contribution is -0.132. The molecule has 1 saturated heterocycles. The Morgan fingerprint density at radius 2 is 1.82 bits per heavy atom. The van der Waals surface area contributed by atoms with Gasteiger partial charge in [0.15, 0.2) is 9.84 Å². The van der Waals surface area contributed by atoms with Gasteiger partial charge in [0.2, 0.25) is 5.91 Å². The normalized spacial score (nSPS) is 15.4. The third-order valence-electron chi connectivity index (χ3n) is 5.15. The smallest absolute Gasteiger partial charge is 0.222 e. The zero-order valence-electron chi connectivity index (χ0n) is 15.8. The first-order valence-electron chi connectivity index (χ1n) is 9.31. The van der Waals surface area contributed by atoms with E-state index in [1.807, 2.05) is 24.3 Å². The number of likely N-dealkylation sites (tertiary alicyclic amines) is 1. The second-order valence-corrected chi connectivity index (χ2v) is 9.99. The highest BCUT2D eigenvalue weighted by Gasteiger charge is 2.32. The number of ether oxygens (including phenoxy) is 1. The second kappa shape index (κ2) is 9.09. The molecule has 2 aromatic carbocycles. The lowest BCUT2D eigenvalue weighted by Gasteiger charge is -2.32. The van der Waals surface area contributed by atoms with Gasteiger partial charge in [-0.2, -0.15) is 0 Å². The molecule has 1 aliphatic heterocycles. The molecule has 0 bridgehead atoms. The van der Waals surface area contributed by atoms with E-state index in [4.69, 9.17) is 4.74 Å². The van der Waals surface area contributed by atoms with Crippen LogP contribution in [0.3, 0.4) is 0 Å². The first kappa shape index (κ1) is 20.9. The Hall–Kier alpha value is -1.86. The Labute approximate surface area is 174 Å². The maximum Gasteiger partial charge on any atom is 0.222 e. The van der Waals surface area contributed by atoms with Gasteiger partial charge >= 0.3 is 0 Å². The molecule has 1 aliphatic rings. The van der Waals surface area contributed by atoms with Crippen LogP contribution in [0.2, 0.25) is 0 Å². The van der Waals surface area contributed by atoms with E-state index in [0.29, 0.717) is 43.7 Å². The standard InChI is InChI=1S/C21H24BrNO4S/c1-27-20-9-7-16(15-19(20)22)8-10-21(24)23-13-11-18(12-14-23)28(25,26)17-5-3-2-4-6-17/h2-7,9,15,18H,8,10-14H2,1H3. The van der Waals surface area contributed by atoms with E-state index in [0.717, 1.165) is 15.8 Å². The monoisotopic (exact) mass is 465 g/mol. The highest BCUT2D eigenvalue weighted by molar-refractivity contribution is 9.10. The molecule has 1 fully saturated rings. The van der Waals surface area contributed by atoms with Gasteiger partial charge in [-0.15, -0.1) is 0 Å². The fraction of sp³-hybridized carbons (Fsp3) is 0.381. The lowest BCUT2D eigenvalue weighted by Crippen LogP contribution is -2.42. The number of halogens is 1. The summed E-state index contributed by atoms with van der Waals surface area (Å²) in [6.07, 6.45) is 2.02. The summed E-state index contributed by atoms with van der Waals surface area (Å²) in [6, 6.07) is 14.4. The van der Waals surface area contributed by atoms with Crippen LogP contribution in [-0.4, -0.2) is 44.7 Å². The molecule has 5 nitrogen and oxygen atoms in total. The maximum atomic E-state index is 12.7. The quantitative estimate of drug-likeness (QED) is 0.649. The molecule has 0 unspecified atom stereocenters. The molecular formula is C21H24BrNO4S. The Morgan fingerprint density at radius 3 is 2.43 bits per heavy atom. The van der Waals surface area contributed by atoms with Crippen LogP contribution in [0.1, 0.15) is 24.8 Å². The van der Waals surface area contributed by atoms with Crippen LogP contribution in [0.25, 0.3) is 0 Å². The summed E-state index contributed by atoms with van der Waals surface area (Å²) >= 11 is 3.46. The van der Waals surface area contributed by atoms with Crippen LogP contribution in [0.5, 0.6) is 5.75 Å². The van der Waals surface area contributed by atoms with Gasteiger partial charge in [-0.1, -0.05) is 24.3 Å². The van der Waals surface area contributed by atoms with Gasteiger partial charge in [-0.05, 0) is 65.0 Å². The molecule has 150 valence electrons. The molecular weight excluding hydrogens is 442 g/mol. The second-order valence-electron chi connectivity index (χ2n) is 6.91. The minimum Gasteiger partial charge on any atom is -0.496 e. The van der Waals surface area contributed by atoms with Crippen LogP contribution in [-0.2, 0) is 21.1 Å². The highest BCUT2D eigenvalue weighted by Crippen LogP contribution is 2.27. The molecule has 0 radical (unpaired) electrons. The average molecular weight is 466 g/mol. The zero-order chi connectivity index (χ0) is 20.1. The van der Waals surface area contributed by atoms with Gasteiger partial charge < -0.3 is 9.64 Å². The number of benzene rings is 2. The molecule has 0 N–H and O–H groups in total. The predicted octanol–water partition coefficient (Wildman–Crippen LogP) is 3.86. The van der Waals surface area contributed by atoms with E-state index in [9.17, 15) is 13.2 Å². The van der Waals surface area contributed by atoms with Crippen molar-refractivity contribution in [2.75, 3.05) is 20.2 Å². The largest absolute Gasteiger partial charge is 0.496 e. The minimum absolute atomic E-state index is 0.0718. The van der Waals surface area contributed by atoms with E-state index in [1.165, 1.54) is 0 Å². The van der Waals surface area contributed by atoms with Gasteiger partial charge in [0, 0.05) is 19.5 Å². The number of rotatable bonds is 6. The van der Waals surface area contributed by atoms with E-state index in [1.54, 1.807) is 36.3 Å². The van der Waals surface area contributed by atoms with Crippen LogP contribution in [0.4, 0.5) is 0 Å². The Kier molecular flexibility index (Phi) is 6.78. The van der Waals surface area contributed by atoms with Gasteiger partial charge in [0.05, 0.1) is 21.7 Å². The number of sulfone groups is 1. The molecule has 1 amide bonds. The third-order valence-corrected chi connectivity index (χ3v) is 8.05. The first-order chi connectivity index (χ1) is 13.4. The number of hydrogen-bond donors (Lipinski definition) is 0. The number of nitrogens with zero attached hydrogens (tertiary/aromatic N) is 1. The number of methoxy groups -OCH3 is 1. The summed E-state index contributed by atoms with van der Waals surface area (Å²) in [5.74, 6) is 0.833. The van der Waals surface area contributed by atoms with Crippen molar-refractivity contribution in [1.82, 2.24) is 4.90 Å². The fourth-order valence-electron chi connectivity index (χ4n) is 3.49. The van der Waals surface area contributed by atoms with E-state index in [2.05, 4.69) is 15.9 Å². The molecule has 0 aliphatic carbocycles. The number of amides is 1. The SMILES string of the molecule is COc1ccc(CCC(=O)N2CCC(S(=O)(=O)c3ccccc3)CC2)cc1Br.